The van der Waals surface area contributed by atoms with E-state index in [2.05, 4.69) is 0 Å². The zero-order chi connectivity index (χ0) is 28.8. The molecule has 1 aliphatic heterocycles. The number of carbonyl (C=O) groups is 1. The van der Waals surface area contributed by atoms with Crippen LogP contribution in [0.2, 0.25) is 0 Å². The molecule has 0 aliphatic carbocycles. The largest absolute Gasteiger partial charge is 0.374 e. The third-order valence-electron chi connectivity index (χ3n) is 7.31. The summed E-state index contributed by atoms with van der Waals surface area (Å²) in [4.78, 5) is 11.8. The molecule has 6 heteroatoms. The monoisotopic (exact) mass is 566 g/mol. The van der Waals surface area contributed by atoms with Gasteiger partial charge in [-0.3, -0.25) is 0 Å². The predicted molar refractivity (Wildman–Crippen MR) is 160 cm³/mol. The summed E-state index contributed by atoms with van der Waals surface area (Å²) in [6.07, 6.45) is -1.50. The molecule has 5 rings (SSSR count). The van der Waals surface area contributed by atoms with Gasteiger partial charge in [0.2, 0.25) is 0 Å². The van der Waals surface area contributed by atoms with Crippen LogP contribution >= 0.6 is 0 Å². The molecule has 3 unspecified atom stereocenters. The molecule has 0 radical (unpaired) electrons. The van der Waals surface area contributed by atoms with Crippen LogP contribution in [0.3, 0.4) is 0 Å². The van der Waals surface area contributed by atoms with Gasteiger partial charge in [0.05, 0.1) is 39.1 Å². The van der Waals surface area contributed by atoms with E-state index in [1.165, 1.54) is 0 Å². The lowest BCUT2D eigenvalue weighted by Gasteiger charge is -2.46. The topological polar surface area (TPSA) is 63.2 Å². The molecule has 1 aliphatic rings. The van der Waals surface area contributed by atoms with Crippen molar-refractivity contribution in [3.63, 3.8) is 0 Å². The van der Waals surface area contributed by atoms with Gasteiger partial charge in [-0.15, -0.1) is 0 Å². The maximum Gasteiger partial charge on any atom is 0.122 e. The van der Waals surface area contributed by atoms with Crippen molar-refractivity contribution in [2.75, 3.05) is 6.61 Å². The Morgan fingerprint density at radius 1 is 0.500 bits per heavy atom. The molecule has 42 heavy (non-hydrogen) atoms. The highest BCUT2D eigenvalue weighted by Gasteiger charge is 2.48. The zero-order valence-corrected chi connectivity index (χ0v) is 23.7. The molecule has 4 aromatic rings. The van der Waals surface area contributed by atoms with E-state index in [1.54, 1.807) is 0 Å². The fourth-order valence-corrected chi connectivity index (χ4v) is 5.17. The van der Waals surface area contributed by atoms with Crippen molar-refractivity contribution in [1.29, 1.82) is 0 Å². The average molecular weight is 567 g/mol. The van der Waals surface area contributed by atoms with Gasteiger partial charge in [0.1, 0.15) is 30.7 Å². The summed E-state index contributed by atoms with van der Waals surface area (Å²) in [5, 5.41) is 0. The zero-order valence-electron chi connectivity index (χ0n) is 23.7. The molecule has 0 N–H and O–H groups in total. The van der Waals surface area contributed by atoms with E-state index >= 15 is 0 Å². The van der Waals surface area contributed by atoms with Crippen molar-refractivity contribution in [2.45, 2.75) is 63.4 Å². The molecule has 218 valence electrons. The smallest absolute Gasteiger partial charge is 0.122 e. The summed E-state index contributed by atoms with van der Waals surface area (Å²) in [5.41, 5.74) is 4.18. The second kappa shape index (κ2) is 16.1. The van der Waals surface area contributed by atoms with Gasteiger partial charge in [0, 0.05) is 6.42 Å². The normalized spacial score (nSPS) is 22.0. The number of ether oxygens (including phenoxy) is 5. The highest BCUT2D eigenvalue weighted by molar-refractivity contribution is 5.50. The standard InChI is InChI=1S/C36H38O6/c37-22-21-32-34(39-24-29-15-7-2-8-16-29)36(41-26-31-19-11-4-12-20-31)35(40-25-30-17-9-3-10-18-30)33(42-32)27-38-23-28-13-5-1-6-14-28/h1-20,22,32-36H,21,23-27H2/t32-,33-,34?,35?,36?/m1/s1. The maximum absolute atomic E-state index is 11.8. The number of benzene rings is 4. The van der Waals surface area contributed by atoms with Crippen LogP contribution in [0.15, 0.2) is 121 Å². The van der Waals surface area contributed by atoms with Gasteiger partial charge in [-0.05, 0) is 22.3 Å². The minimum absolute atomic E-state index is 0.172. The fraction of sp³-hybridized carbons (Fsp3) is 0.306. The van der Waals surface area contributed by atoms with E-state index < -0.39 is 30.5 Å². The SMILES string of the molecule is O=CC[C@H]1O[C@H](COCc2ccccc2)C(OCc2ccccc2)C(OCc2ccccc2)C1OCc1ccccc1. The first-order valence-corrected chi connectivity index (χ1v) is 14.5. The Hall–Kier alpha value is -3.65. The molecule has 6 nitrogen and oxygen atoms in total. The lowest BCUT2D eigenvalue weighted by molar-refractivity contribution is -0.272. The minimum atomic E-state index is -0.537. The van der Waals surface area contributed by atoms with Gasteiger partial charge in [0.25, 0.3) is 0 Å². The Balaban J connectivity index is 1.40. The molecule has 5 atom stereocenters. The van der Waals surface area contributed by atoms with E-state index in [0.717, 1.165) is 28.5 Å². The van der Waals surface area contributed by atoms with Crippen LogP contribution in [0.4, 0.5) is 0 Å². The van der Waals surface area contributed by atoms with Crippen LogP contribution in [-0.2, 0) is 54.9 Å². The molecule has 1 saturated heterocycles. The predicted octanol–water partition coefficient (Wildman–Crippen LogP) is 6.32. The molecule has 0 amide bonds. The number of aldehydes is 1. The number of rotatable bonds is 15. The van der Waals surface area contributed by atoms with Crippen LogP contribution in [0.1, 0.15) is 28.7 Å². The third-order valence-corrected chi connectivity index (χ3v) is 7.31. The maximum atomic E-state index is 11.8. The Bertz CT molecular complexity index is 1300. The van der Waals surface area contributed by atoms with Crippen molar-refractivity contribution in [3.05, 3.63) is 144 Å². The number of carbonyl (C=O) groups excluding carboxylic acids is 1. The molecule has 0 saturated carbocycles. The van der Waals surface area contributed by atoms with Crippen LogP contribution < -0.4 is 0 Å². The Morgan fingerprint density at radius 2 is 0.881 bits per heavy atom. The van der Waals surface area contributed by atoms with Gasteiger partial charge in [0.15, 0.2) is 0 Å². The van der Waals surface area contributed by atoms with Crippen LogP contribution in [-0.4, -0.2) is 43.4 Å². The Kier molecular flexibility index (Phi) is 11.4. The Labute approximate surface area is 248 Å². The first-order valence-electron chi connectivity index (χ1n) is 14.5. The molecule has 4 aromatic carbocycles. The summed E-state index contributed by atoms with van der Waals surface area (Å²) >= 11 is 0. The van der Waals surface area contributed by atoms with Gasteiger partial charge in [-0.25, -0.2) is 0 Å². The van der Waals surface area contributed by atoms with Gasteiger partial charge in [-0.2, -0.15) is 0 Å². The fourth-order valence-electron chi connectivity index (χ4n) is 5.17. The van der Waals surface area contributed by atoms with E-state index in [1.807, 2.05) is 121 Å². The summed E-state index contributed by atoms with van der Waals surface area (Å²) in [6, 6.07) is 40.0. The number of hydrogen-bond donors (Lipinski definition) is 0. The second-order valence-corrected chi connectivity index (χ2v) is 10.4. The number of hydrogen-bond acceptors (Lipinski definition) is 6. The van der Waals surface area contributed by atoms with Crippen LogP contribution in [0, 0.1) is 0 Å². The first kappa shape index (κ1) is 29.8. The van der Waals surface area contributed by atoms with Crippen molar-refractivity contribution in [1.82, 2.24) is 0 Å². The first-order chi connectivity index (χ1) is 20.8. The van der Waals surface area contributed by atoms with E-state index in [0.29, 0.717) is 26.4 Å². The summed E-state index contributed by atoms with van der Waals surface area (Å²) < 4.78 is 32.5. The molecule has 0 spiro atoms. The van der Waals surface area contributed by atoms with Gasteiger partial charge >= 0.3 is 0 Å². The summed E-state index contributed by atoms with van der Waals surface area (Å²) in [6.45, 7) is 1.82. The highest BCUT2D eigenvalue weighted by Crippen LogP contribution is 2.32. The second-order valence-electron chi connectivity index (χ2n) is 10.4. The highest BCUT2D eigenvalue weighted by atomic mass is 16.6. The van der Waals surface area contributed by atoms with Gasteiger partial charge < -0.3 is 28.5 Å². The molecule has 1 fully saturated rings. The quantitative estimate of drug-likeness (QED) is 0.157. The van der Waals surface area contributed by atoms with Crippen molar-refractivity contribution < 1.29 is 28.5 Å². The van der Waals surface area contributed by atoms with Crippen LogP contribution in [0.5, 0.6) is 0 Å². The minimum Gasteiger partial charge on any atom is -0.374 e. The molecule has 1 heterocycles. The van der Waals surface area contributed by atoms with Crippen molar-refractivity contribution >= 4 is 6.29 Å². The van der Waals surface area contributed by atoms with E-state index in [9.17, 15) is 4.79 Å². The van der Waals surface area contributed by atoms with Crippen molar-refractivity contribution in [3.8, 4) is 0 Å². The van der Waals surface area contributed by atoms with E-state index in [4.69, 9.17) is 23.7 Å². The average Bonchev–Trinajstić information content (AvgIpc) is 3.05. The molecular formula is C36H38O6. The van der Waals surface area contributed by atoms with Crippen LogP contribution in [0.25, 0.3) is 0 Å². The van der Waals surface area contributed by atoms with Crippen molar-refractivity contribution in [2.24, 2.45) is 0 Å². The lowest BCUT2D eigenvalue weighted by Crippen LogP contribution is -2.61. The lowest BCUT2D eigenvalue weighted by atomic mass is 9.92. The Morgan fingerprint density at radius 3 is 1.31 bits per heavy atom. The van der Waals surface area contributed by atoms with Gasteiger partial charge in [-0.1, -0.05) is 121 Å². The molecular weight excluding hydrogens is 528 g/mol. The summed E-state index contributed by atoms with van der Waals surface area (Å²) in [7, 11) is 0. The van der Waals surface area contributed by atoms with E-state index in [-0.39, 0.29) is 13.0 Å². The summed E-state index contributed by atoms with van der Waals surface area (Å²) in [5.74, 6) is 0. The molecule has 0 aromatic heterocycles. The molecule has 0 bridgehead atoms. The third kappa shape index (κ3) is 8.68.